The van der Waals surface area contributed by atoms with Gasteiger partial charge in [-0.2, -0.15) is 0 Å². The normalized spacial score (nSPS) is 23.0. The molecule has 2 aliphatic heterocycles. The Morgan fingerprint density at radius 1 is 1.32 bits per heavy atom. The lowest BCUT2D eigenvalue weighted by Crippen LogP contribution is -2.44. The number of guanidine groups is 1. The molecule has 2 fully saturated rings. The highest BCUT2D eigenvalue weighted by Gasteiger charge is 2.24. The second-order valence-electron chi connectivity index (χ2n) is 6.78. The number of hydrogen-bond acceptors (Lipinski definition) is 3. The molecule has 5 nitrogen and oxygen atoms in total. The van der Waals surface area contributed by atoms with Crippen LogP contribution in [0.15, 0.2) is 29.3 Å². The molecule has 0 radical (unpaired) electrons. The van der Waals surface area contributed by atoms with Crippen molar-refractivity contribution in [3.63, 3.8) is 0 Å². The highest BCUT2D eigenvalue weighted by molar-refractivity contribution is 6.30. The van der Waals surface area contributed by atoms with Gasteiger partial charge in [0.15, 0.2) is 5.96 Å². The van der Waals surface area contributed by atoms with E-state index in [1.165, 1.54) is 18.4 Å². The first-order valence-electron chi connectivity index (χ1n) is 9.32. The number of nitrogens with one attached hydrogen (secondary N) is 2. The Morgan fingerprint density at radius 3 is 2.84 bits per heavy atom. The van der Waals surface area contributed by atoms with Gasteiger partial charge in [0.1, 0.15) is 0 Å². The zero-order chi connectivity index (χ0) is 17.5. The molecule has 2 aliphatic rings. The van der Waals surface area contributed by atoms with Gasteiger partial charge in [0, 0.05) is 31.8 Å². The Hall–Kier alpha value is -1.30. The fourth-order valence-corrected chi connectivity index (χ4v) is 3.85. The highest BCUT2D eigenvalue weighted by atomic mass is 35.5. The predicted molar refractivity (Wildman–Crippen MR) is 103 cm³/mol. The van der Waals surface area contributed by atoms with Crippen LogP contribution < -0.4 is 10.6 Å². The minimum Gasteiger partial charge on any atom is -0.376 e. The Labute approximate surface area is 155 Å². The lowest BCUT2D eigenvalue weighted by atomic mass is 10.1. The lowest BCUT2D eigenvalue weighted by molar-refractivity contribution is 0.113. The summed E-state index contributed by atoms with van der Waals surface area (Å²) >= 11 is 6.22. The van der Waals surface area contributed by atoms with Gasteiger partial charge in [-0.25, -0.2) is 0 Å². The zero-order valence-electron chi connectivity index (χ0n) is 15.0. The van der Waals surface area contributed by atoms with Gasteiger partial charge in [0.05, 0.1) is 12.1 Å². The van der Waals surface area contributed by atoms with E-state index in [2.05, 4.69) is 32.7 Å². The van der Waals surface area contributed by atoms with Crippen molar-refractivity contribution in [1.82, 2.24) is 15.5 Å². The minimum absolute atomic E-state index is 0.306. The standard InChI is InChI=1S/C19H29ClN4O/c1-21-19(22-13-17-8-5-11-25-17)23-14-18(24-9-2-3-10-24)15-6-4-7-16(20)12-15/h4,6-7,12,17-18H,2-3,5,8-11,13-14H2,1H3,(H2,21,22,23). The van der Waals surface area contributed by atoms with Gasteiger partial charge in [-0.1, -0.05) is 23.7 Å². The fraction of sp³-hybridized carbons (Fsp3) is 0.632. The van der Waals surface area contributed by atoms with E-state index >= 15 is 0 Å². The van der Waals surface area contributed by atoms with Crippen LogP contribution in [-0.2, 0) is 4.74 Å². The van der Waals surface area contributed by atoms with Gasteiger partial charge >= 0.3 is 0 Å². The Bertz CT molecular complexity index is 568. The first kappa shape index (κ1) is 18.5. The van der Waals surface area contributed by atoms with E-state index in [4.69, 9.17) is 16.3 Å². The highest BCUT2D eigenvalue weighted by Crippen LogP contribution is 2.26. The molecule has 2 saturated heterocycles. The number of benzene rings is 1. The van der Waals surface area contributed by atoms with Gasteiger partial charge in [-0.05, 0) is 56.5 Å². The number of likely N-dealkylation sites (tertiary alicyclic amines) is 1. The van der Waals surface area contributed by atoms with Crippen LogP contribution in [0.4, 0.5) is 0 Å². The van der Waals surface area contributed by atoms with Gasteiger partial charge in [0.2, 0.25) is 0 Å². The summed E-state index contributed by atoms with van der Waals surface area (Å²) in [5.74, 6) is 0.835. The third-order valence-corrected chi connectivity index (χ3v) is 5.26. The monoisotopic (exact) mass is 364 g/mol. The maximum Gasteiger partial charge on any atom is 0.191 e. The molecule has 0 aromatic heterocycles. The topological polar surface area (TPSA) is 48.9 Å². The summed E-state index contributed by atoms with van der Waals surface area (Å²) in [6.45, 7) is 4.78. The molecule has 2 unspecified atom stereocenters. The van der Waals surface area contributed by atoms with Crippen molar-refractivity contribution in [2.24, 2.45) is 4.99 Å². The van der Waals surface area contributed by atoms with Crippen molar-refractivity contribution >= 4 is 17.6 Å². The van der Waals surface area contributed by atoms with Gasteiger partial charge < -0.3 is 15.4 Å². The molecule has 0 aliphatic carbocycles. The lowest BCUT2D eigenvalue weighted by Gasteiger charge is -2.29. The molecule has 0 amide bonds. The summed E-state index contributed by atoms with van der Waals surface area (Å²) in [5.41, 5.74) is 1.26. The quantitative estimate of drug-likeness (QED) is 0.602. The maximum absolute atomic E-state index is 6.22. The molecule has 2 atom stereocenters. The van der Waals surface area contributed by atoms with Crippen molar-refractivity contribution in [3.05, 3.63) is 34.9 Å². The van der Waals surface area contributed by atoms with Crippen LogP contribution >= 0.6 is 11.6 Å². The van der Waals surface area contributed by atoms with Crippen LogP contribution in [0.1, 0.15) is 37.3 Å². The van der Waals surface area contributed by atoms with Crippen LogP contribution in [0.25, 0.3) is 0 Å². The first-order chi connectivity index (χ1) is 12.3. The summed E-state index contributed by atoms with van der Waals surface area (Å²) < 4.78 is 5.67. The molecule has 2 heterocycles. The second kappa shape index (κ2) is 9.41. The zero-order valence-corrected chi connectivity index (χ0v) is 15.8. The smallest absolute Gasteiger partial charge is 0.191 e. The molecule has 2 N–H and O–H groups in total. The van der Waals surface area contributed by atoms with Crippen LogP contribution in [0.3, 0.4) is 0 Å². The van der Waals surface area contributed by atoms with E-state index in [1.54, 1.807) is 0 Å². The van der Waals surface area contributed by atoms with E-state index in [0.29, 0.717) is 12.1 Å². The van der Waals surface area contributed by atoms with Crippen LogP contribution in [0, 0.1) is 0 Å². The summed E-state index contributed by atoms with van der Waals surface area (Å²) in [6.07, 6.45) is 5.13. The molecule has 138 valence electrons. The van der Waals surface area contributed by atoms with E-state index in [1.807, 2.05) is 19.2 Å². The van der Waals surface area contributed by atoms with E-state index in [0.717, 1.165) is 56.6 Å². The number of rotatable bonds is 6. The Morgan fingerprint density at radius 2 is 2.16 bits per heavy atom. The average molecular weight is 365 g/mol. The molecule has 25 heavy (non-hydrogen) atoms. The Kier molecular flexibility index (Phi) is 6.96. The largest absolute Gasteiger partial charge is 0.376 e. The van der Waals surface area contributed by atoms with Crippen molar-refractivity contribution in [3.8, 4) is 0 Å². The average Bonchev–Trinajstić information content (AvgIpc) is 3.32. The molecular weight excluding hydrogens is 336 g/mol. The van der Waals surface area contributed by atoms with E-state index < -0.39 is 0 Å². The molecule has 0 saturated carbocycles. The number of nitrogens with zero attached hydrogens (tertiary/aromatic N) is 2. The SMILES string of the molecule is CN=C(NCC1CCCO1)NCC(c1cccc(Cl)c1)N1CCCC1. The Balaban J connectivity index is 1.59. The third-order valence-electron chi connectivity index (χ3n) is 5.02. The van der Waals surface area contributed by atoms with Crippen LogP contribution in [0.5, 0.6) is 0 Å². The summed E-state index contributed by atoms with van der Waals surface area (Å²) in [6, 6.07) is 8.52. The van der Waals surface area contributed by atoms with Gasteiger partial charge in [0.25, 0.3) is 0 Å². The van der Waals surface area contributed by atoms with E-state index in [-0.39, 0.29) is 0 Å². The van der Waals surface area contributed by atoms with Gasteiger partial charge in [-0.15, -0.1) is 0 Å². The van der Waals surface area contributed by atoms with Crippen molar-refractivity contribution in [2.45, 2.75) is 37.8 Å². The summed E-state index contributed by atoms with van der Waals surface area (Å²) in [4.78, 5) is 6.89. The van der Waals surface area contributed by atoms with Crippen molar-refractivity contribution in [2.75, 3.05) is 39.8 Å². The molecular formula is C19H29ClN4O. The number of ether oxygens (including phenoxy) is 1. The molecule has 0 spiro atoms. The van der Waals surface area contributed by atoms with Crippen molar-refractivity contribution in [1.29, 1.82) is 0 Å². The summed E-state index contributed by atoms with van der Waals surface area (Å²) in [7, 11) is 1.81. The van der Waals surface area contributed by atoms with Crippen LogP contribution in [-0.4, -0.2) is 56.8 Å². The molecule has 6 heteroatoms. The van der Waals surface area contributed by atoms with Gasteiger partial charge in [-0.3, -0.25) is 9.89 Å². The molecule has 1 aromatic carbocycles. The first-order valence-corrected chi connectivity index (χ1v) is 9.69. The molecule has 0 bridgehead atoms. The van der Waals surface area contributed by atoms with Crippen LogP contribution in [0.2, 0.25) is 5.02 Å². The number of halogens is 1. The number of hydrogen-bond donors (Lipinski definition) is 2. The fourth-order valence-electron chi connectivity index (χ4n) is 3.65. The molecule has 3 rings (SSSR count). The van der Waals surface area contributed by atoms with Crippen molar-refractivity contribution < 1.29 is 4.74 Å². The summed E-state index contributed by atoms with van der Waals surface area (Å²) in [5, 5.41) is 7.67. The third kappa shape index (κ3) is 5.33. The second-order valence-corrected chi connectivity index (χ2v) is 7.22. The van der Waals surface area contributed by atoms with E-state index in [9.17, 15) is 0 Å². The maximum atomic E-state index is 6.22. The number of aliphatic imine (C=N–C) groups is 1. The molecule has 1 aromatic rings. The predicted octanol–water partition coefficient (Wildman–Crippen LogP) is 2.82. The minimum atomic E-state index is 0.306.